The third kappa shape index (κ3) is 5.07. The normalized spacial score (nSPS) is 10.7. The van der Waals surface area contributed by atoms with E-state index in [1.807, 2.05) is 30.3 Å². The number of nitrogens with zero attached hydrogens (tertiary/aromatic N) is 2. The van der Waals surface area contributed by atoms with Crippen LogP contribution in [0.5, 0.6) is 5.75 Å². The van der Waals surface area contributed by atoms with E-state index in [9.17, 15) is 18.3 Å². The number of hydrogen-bond donors (Lipinski definition) is 3. The monoisotopic (exact) mass is 365 g/mol. The summed E-state index contributed by atoms with van der Waals surface area (Å²) in [6, 6.07) is 11.3. The van der Waals surface area contributed by atoms with Crippen LogP contribution < -0.4 is 5.32 Å². The Bertz CT molecular complexity index is 887. The summed E-state index contributed by atoms with van der Waals surface area (Å²) in [5, 5.41) is 21.2. The average Bonchev–Trinajstić information content (AvgIpc) is 2.62. The van der Waals surface area contributed by atoms with E-state index in [2.05, 4.69) is 15.3 Å². The molecule has 2 heterocycles. The molecule has 0 bridgehead atoms. The average molecular weight is 365 g/mol. The molecule has 0 spiro atoms. The molecule has 0 radical (unpaired) electrons. The molecule has 136 valence electrons. The minimum atomic E-state index is -5.08. The molecule has 0 fully saturated rings. The van der Waals surface area contributed by atoms with Gasteiger partial charge in [0.15, 0.2) is 0 Å². The second kappa shape index (κ2) is 8.15. The highest BCUT2D eigenvalue weighted by Crippen LogP contribution is 2.25. The van der Waals surface area contributed by atoms with Gasteiger partial charge in [-0.1, -0.05) is 12.1 Å². The third-order valence-corrected chi connectivity index (χ3v) is 3.23. The highest BCUT2D eigenvalue weighted by Gasteiger charge is 2.38. The molecule has 0 unspecified atom stereocenters. The van der Waals surface area contributed by atoms with Crippen LogP contribution in [0.2, 0.25) is 0 Å². The number of carbonyl (C=O) groups is 1. The van der Waals surface area contributed by atoms with Crippen LogP contribution in [-0.4, -0.2) is 32.3 Å². The summed E-state index contributed by atoms with van der Waals surface area (Å²) < 4.78 is 31.7. The van der Waals surface area contributed by atoms with Gasteiger partial charge in [-0.15, -0.1) is 0 Å². The quantitative estimate of drug-likeness (QED) is 0.657. The van der Waals surface area contributed by atoms with Gasteiger partial charge in [0, 0.05) is 30.5 Å². The highest BCUT2D eigenvalue weighted by atomic mass is 19.4. The van der Waals surface area contributed by atoms with Gasteiger partial charge in [-0.3, -0.25) is 9.97 Å². The second-order valence-electron chi connectivity index (χ2n) is 5.04. The fourth-order valence-corrected chi connectivity index (χ4v) is 2.04. The lowest BCUT2D eigenvalue weighted by Crippen LogP contribution is -2.21. The number of rotatable bonds is 3. The number of nitrogens with one attached hydrogen (secondary N) is 1. The number of phenolic OH excluding ortho intramolecular Hbond substituents is 1. The van der Waals surface area contributed by atoms with Crippen molar-refractivity contribution in [2.24, 2.45) is 0 Å². The Kier molecular flexibility index (Phi) is 5.94. The first-order chi connectivity index (χ1) is 12.3. The number of pyridine rings is 2. The smallest absolute Gasteiger partial charge is 0.490 e. The van der Waals surface area contributed by atoms with Crippen LogP contribution in [0.15, 0.2) is 55.0 Å². The number of alkyl halides is 3. The molecule has 0 saturated carbocycles. The Morgan fingerprint density at radius 2 is 1.81 bits per heavy atom. The molecule has 0 saturated heterocycles. The third-order valence-electron chi connectivity index (χ3n) is 3.23. The molecule has 3 N–H and O–H groups in total. The summed E-state index contributed by atoms with van der Waals surface area (Å²) >= 11 is 0. The maximum Gasteiger partial charge on any atom is 0.490 e. The molecular weight excluding hydrogens is 351 g/mol. The van der Waals surface area contributed by atoms with E-state index in [1.165, 1.54) is 0 Å². The summed E-state index contributed by atoms with van der Waals surface area (Å²) in [4.78, 5) is 17.2. The van der Waals surface area contributed by atoms with E-state index in [-0.39, 0.29) is 5.75 Å². The zero-order chi connectivity index (χ0) is 19.2. The van der Waals surface area contributed by atoms with Crippen LogP contribution in [0.25, 0.3) is 10.9 Å². The Morgan fingerprint density at radius 3 is 2.42 bits per heavy atom. The lowest BCUT2D eigenvalue weighted by atomic mass is 10.1. The molecule has 0 aliphatic rings. The predicted molar refractivity (Wildman–Crippen MR) is 88.7 cm³/mol. The number of aromatic nitrogens is 2. The zero-order valence-electron chi connectivity index (χ0n) is 13.2. The summed E-state index contributed by atoms with van der Waals surface area (Å²) in [6.45, 7) is 0.661. The minimum Gasteiger partial charge on any atom is -0.506 e. The Labute approximate surface area is 146 Å². The van der Waals surface area contributed by atoms with E-state index >= 15 is 0 Å². The van der Waals surface area contributed by atoms with E-state index in [4.69, 9.17) is 9.90 Å². The van der Waals surface area contributed by atoms with Crippen LogP contribution in [0.1, 0.15) is 5.56 Å². The van der Waals surface area contributed by atoms with Crippen molar-refractivity contribution in [3.8, 4) is 5.75 Å². The molecule has 6 nitrogen and oxygen atoms in total. The molecule has 0 aliphatic heterocycles. The number of aliphatic carboxylic acids is 1. The van der Waals surface area contributed by atoms with Crippen molar-refractivity contribution in [2.75, 3.05) is 5.32 Å². The molecule has 2 aromatic heterocycles. The van der Waals surface area contributed by atoms with Gasteiger partial charge >= 0.3 is 12.1 Å². The molecule has 0 aliphatic carbocycles. The summed E-state index contributed by atoms with van der Waals surface area (Å²) in [5.41, 5.74) is 2.69. The molecule has 3 aromatic rings. The van der Waals surface area contributed by atoms with Crippen molar-refractivity contribution in [3.05, 3.63) is 60.6 Å². The number of hydrogen-bond acceptors (Lipinski definition) is 5. The van der Waals surface area contributed by atoms with Crippen molar-refractivity contribution in [1.82, 2.24) is 9.97 Å². The maximum atomic E-state index is 10.6. The van der Waals surface area contributed by atoms with Gasteiger partial charge in [-0.2, -0.15) is 13.2 Å². The molecular formula is C17H14F3N3O3. The highest BCUT2D eigenvalue weighted by molar-refractivity contribution is 5.87. The van der Waals surface area contributed by atoms with Crippen LogP contribution in [0, 0.1) is 0 Å². The number of halogens is 3. The van der Waals surface area contributed by atoms with Gasteiger partial charge in [0.25, 0.3) is 0 Å². The summed E-state index contributed by atoms with van der Waals surface area (Å²) in [7, 11) is 0. The fraction of sp³-hybridized carbons (Fsp3) is 0.118. The van der Waals surface area contributed by atoms with E-state index < -0.39 is 12.1 Å². The summed E-state index contributed by atoms with van der Waals surface area (Å²) in [6.07, 6.45) is 0.117. The standard InChI is InChI=1S/C15H13N3O.C2HF3O2/c19-14-6-5-11(13-4-2-8-17-15(13)14)9-18-12-3-1-7-16-10-12;3-2(4,5)1(6)7/h1-8,10,18-19H,9H2;(H,6,7). The number of benzene rings is 1. The van der Waals surface area contributed by atoms with Gasteiger partial charge < -0.3 is 15.5 Å². The van der Waals surface area contributed by atoms with E-state index in [1.54, 1.807) is 24.7 Å². The molecule has 1 aromatic carbocycles. The van der Waals surface area contributed by atoms with Gasteiger partial charge in [0.1, 0.15) is 11.3 Å². The fourth-order valence-electron chi connectivity index (χ4n) is 2.04. The largest absolute Gasteiger partial charge is 0.506 e. The van der Waals surface area contributed by atoms with Crippen LogP contribution in [0.3, 0.4) is 0 Å². The van der Waals surface area contributed by atoms with Crippen molar-refractivity contribution >= 4 is 22.6 Å². The zero-order valence-corrected chi connectivity index (χ0v) is 13.2. The van der Waals surface area contributed by atoms with Crippen molar-refractivity contribution < 1.29 is 28.2 Å². The lowest BCUT2D eigenvalue weighted by Gasteiger charge is -2.09. The lowest BCUT2D eigenvalue weighted by molar-refractivity contribution is -0.192. The van der Waals surface area contributed by atoms with Crippen LogP contribution in [0.4, 0.5) is 18.9 Å². The SMILES string of the molecule is O=C(O)C(F)(F)F.Oc1ccc(CNc2cccnc2)c2cccnc12. The number of fused-ring (bicyclic) bond motifs is 1. The topological polar surface area (TPSA) is 95.3 Å². The first-order valence-corrected chi connectivity index (χ1v) is 7.28. The van der Waals surface area contributed by atoms with Gasteiger partial charge in [-0.05, 0) is 29.8 Å². The van der Waals surface area contributed by atoms with Gasteiger partial charge in [0.05, 0.1) is 5.69 Å². The predicted octanol–water partition coefficient (Wildman–Crippen LogP) is 3.58. The Hall–Kier alpha value is -3.36. The van der Waals surface area contributed by atoms with Crippen LogP contribution >= 0.6 is 0 Å². The number of phenols is 1. The Morgan fingerprint density at radius 1 is 1.12 bits per heavy atom. The Balaban J connectivity index is 0.000000298. The molecule has 9 heteroatoms. The van der Waals surface area contributed by atoms with Crippen molar-refractivity contribution in [1.29, 1.82) is 0 Å². The van der Waals surface area contributed by atoms with Crippen LogP contribution in [-0.2, 0) is 11.3 Å². The summed E-state index contributed by atoms with van der Waals surface area (Å²) in [5.74, 6) is -2.55. The van der Waals surface area contributed by atoms with Gasteiger partial charge in [0.2, 0.25) is 0 Å². The van der Waals surface area contributed by atoms with E-state index in [0.717, 1.165) is 16.6 Å². The van der Waals surface area contributed by atoms with Gasteiger partial charge in [-0.25, -0.2) is 4.79 Å². The first-order valence-electron chi connectivity index (χ1n) is 7.28. The van der Waals surface area contributed by atoms with Crippen molar-refractivity contribution in [2.45, 2.75) is 12.7 Å². The molecule has 0 atom stereocenters. The number of carboxylic acid groups (broad SMARTS) is 1. The number of carboxylic acids is 1. The molecule has 0 amide bonds. The first kappa shape index (κ1) is 19.0. The number of anilines is 1. The minimum absolute atomic E-state index is 0.209. The van der Waals surface area contributed by atoms with E-state index in [0.29, 0.717) is 12.1 Å². The maximum absolute atomic E-state index is 10.6. The second-order valence-corrected chi connectivity index (χ2v) is 5.04. The van der Waals surface area contributed by atoms with Crippen molar-refractivity contribution in [3.63, 3.8) is 0 Å². The molecule has 26 heavy (non-hydrogen) atoms. The molecule has 3 rings (SSSR count). The number of aromatic hydroxyl groups is 1.